The molecule has 0 amide bonds. The SMILES string of the molecule is CCOC(=O)C1(NCC2CC2)COCc2ccccc21. The first-order valence-electron chi connectivity index (χ1n) is 7.34. The minimum Gasteiger partial charge on any atom is -0.464 e. The maximum atomic E-state index is 12.6. The standard InChI is InChI=1S/C16H21NO3/c1-2-20-15(18)16(17-9-12-7-8-12)11-19-10-13-5-3-4-6-14(13)16/h3-6,12,17H,2,7-11H2,1H3. The molecule has 0 saturated heterocycles. The first kappa shape index (κ1) is 13.6. The Hall–Kier alpha value is -1.39. The number of nitrogens with one attached hydrogen (secondary N) is 1. The number of esters is 1. The van der Waals surface area contributed by atoms with Crippen LogP contribution in [0.15, 0.2) is 24.3 Å². The van der Waals surface area contributed by atoms with Crippen molar-refractivity contribution in [2.75, 3.05) is 19.8 Å². The van der Waals surface area contributed by atoms with Crippen LogP contribution in [-0.4, -0.2) is 25.7 Å². The summed E-state index contributed by atoms with van der Waals surface area (Å²) in [6, 6.07) is 7.97. The van der Waals surface area contributed by atoms with Crippen molar-refractivity contribution < 1.29 is 14.3 Å². The molecule has 3 rings (SSSR count). The van der Waals surface area contributed by atoms with Gasteiger partial charge < -0.3 is 9.47 Å². The van der Waals surface area contributed by atoms with E-state index in [1.165, 1.54) is 12.8 Å². The van der Waals surface area contributed by atoms with Gasteiger partial charge >= 0.3 is 5.97 Å². The topological polar surface area (TPSA) is 47.6 Å². The molecule has 2 aliphatic rings. The predicted molar refractivity (Wildman–Crippen MR) is 75.1 cm³/mol. The lowest BCUT2D eigenvalue weighted by Gasteiger charge is -2.37. The third kappa shape index (κ3) is 2.45. The molecule has 20 heavy (non-hydrogen) atoms. The average molecular weight is 275 g/mol. The maximum absolute atomic E-state index is 12.6. The zero-order chi connectivity index (χ0) is 14.0. The second kappa shape index (κ2) is 5.54. The van der Waals surface area contributed by atoms with Crippen LogP contribution in [0.5, 0.6) is 0 Å². The molecular formula is C16H21NO3. The van der Waals surface area contributed by atoms with Gasteiger partial charge in [-0.3, -0.25) is 5.32 Å². The molecule has 1 heterocycles. The van der Waals surface area contributed by atoms with Crippen LogP contribution in [-0.2, 0) is 26.4 Å². The van der Waals surface area contributed by atoms with Crippen LogP contribution in [0, 0.1) is 5.92 Å². The van der Waals surface area contributed by atoms with E-state index in [9.17, 15) is 4.79 Å². The normalized spacial score (nSPS) is 25.1. The molecular weight excluding hydrogens is 254 g/mol. The molecule has 0 aromatic heterocycles. The van der Waals surface area contributed by atoms with Gasteiger partial charge in [0.15, 0.2) is 5.54 Å². The number of benzene rings is 1. The van der Waals surface area contributed by atoms with E-state index in [1.54, 1.807) is 0 Å². The van der Waals surface area contributed by atoms with Gasteiger partial charge in [0.1, 0.15) is 0 Å². The molecule has 1 atom stereocenters. The molecule has 0 bridgehead atoms. The van der Waals surface area contributed by atoms with E-state index in [0.717, 1.165) is 17.7 Å². The fraction of sp³-hybridized carbons (Fsp3) is 0.562. The van der Waals surface area contributed by atoms with Crippen molar-refractivity contribution in [1.82, 2.24) is 5.32 Å². The van der Waals surface area contributed by atoms with Gasteiger partial charge in [0, 0.05) is 0 Å². The Morgan fingerprint density at radius 3 is 3.00 bits per heavy atom. The van der Waals surface area contributed by atoms with Gasteiger partial charge in [0.05, 0.1) is 19.8 Å². The number of carbonyl (C=O) groups excluding carboxylic acids is 1. The Kier molecular flexibility index (Phi) is 3.76. The molecule has 1 aromatic carbocycles. The van der Waals surface area contributed by atoms with Gasteiger partial charge in [0.25, 0.3) is 0 Å². The molecule has 0 spiro atoms. The van der Waals surface area contributed by atoms with E-state index >= 15 is 0 Å². The largest absolute Gasteiger partial charge is 0.464 e. The molecule has 4 nitrogen and oxygen atoms in total. The lowest BCUT2D eigenvalue weighted by Crippen LogP contribution is -2.56. The highest BCUT2D eigenvalue weighted by atomic mass is 16.5. The van der Waals surface area contributed by atoms with Crippen molar-refractivity contribution in [1.29, 1.82) is 0 Å². The summed E-state index contributed by atoms with van der Waals surface area (Å²) in [5.74, 6) is 0.461. The van der Waals surface area contributed by atoms with E-state index in [-0.39, 0.29) is 5.97 Å². The third-order valence-electron chi connectivity index (χ3n) is 4.07. The monoisotopic (exact) mass is 275 g/mol. The third-order valence-corrected chi connectivity index (χ3v) is 4.07. The fourth-order valence-corrected chi connectivity index (χ4v) is 2.74. The molecule has 1 unspecified atom stereocenters. The summed E-state index contributed by atoms with van der Waals surface area (Å²) in [5.41, 5.74) is 1.23. The van der Waals surface area contributed by atoms with E-state index < -0.39 is 5.54 Å². The average Bonchev–Trinajstić information content (AvgIpc) is 3.29. The highest BCUT2D eigenvalue weighted by molar-refractivity contribution is 5.83. The van der Waals surface area contributed by atoms with Crippen molar-refractivity contribution in [3.63, 3.8) is 0 Å². The Morgan fingerprint density at radius 2 is 2.25 bits per heavy atom. The molecule has 1 aliphatic heterocycles. The second-order valence-electron chi connectivity index (χ2n) is 5.60. The van der Waals surface area contributed by atoms with Crippen LogP contribution in [0.3, 0.4) is 0 Å². The maximum Gasteiger partial charge on any atom is 0.333 e. The summed E-state index contributed by atoms with van der Waals surface area (Å²) < 4.78 is 11.0. The summed E-state index contributed by atoms with van der Waals surface area (Å²) in [6.45, 7) is 3.96. The first-order valence-corrected chi connectivity index (χ1v) is 7.34. The molecule has 0 radical (unpaired) electrons. The Balaban J connectivity index is 1.94. The quantitative estimate of drug-likeness (QED) is 0.835. The van der Waals surface area contributed by atoms with Crippen LogP contribution in [0.4, 0.5) is 0 Å². The van der Waals surface area contributed by atoms with E-state index in [1.807, 2.05) is 31.2 Å². The van der Waals surface area contributed by atoms with Crippen molar-refractivity contribution in [2.24, 2.45) is 5.92 Å². The minimum absolute atomic E-state index is 0.229. The molecule has 1 N–H and O–H groups in total. The number of hydrogen-bond acceptors (Lipinski definition) is 4. The number of carbonyl (C=O) groups is 1. The molecule has 1 aliphatic carbocycles. The lowest BCUT2D eigenvalue weighted by atomic mass is 9.85. The van der Waals surface area contributed by atoms with Crippen molar-refractivity contribution in [2.45, 2.75) is 31.9 Å². The van der Waals surface area contributed by atoms with Crippen molar-refractivity contribution in [3.05, 3.63) is 35.4 Å². The van der Waals surface area contributed by atoms with Crippen LogP contribution in [0.1, 0.15) is 30.9 Å². The van der Waals surface area contributed by atoms with Crippen LogP contribution in [0.25, 0.3) is 0 Å². The highest BCUT2D eigenvalue weighted by Gasteiger charge is 2.46. The number of rotatable bonds is 5. The lowest BCUT2D eigenvalue weighted by molar-refractivity contribution is -0.156. The number of fused-ring (bicyclic) bond motifs is 1. The van der Waals surface area contributed by atoms with Gasteiger partial charge in [-0.1, -0.05) is 24.3 Å². The van der Waals surface area contributed by atoms with Gasteiger partial charge in [-0.05, 0) is 43.4 Å². The fourth-order valence-electron chi connectivity index (χ4n) is 2.74. The first-order chi connectivity index (χ1) is 9.76. The van der Waals surface area contributed by atoms with Crippen molar-refractivity contribution in [3.8, 4) is 0 Å². The Labute approximate surface area is 119 Å². The summed E-state index contributed by atoms with van der Waals surface area (Å²) in [4.78, 5) is 12.6. The van der Waals surface area contributed by atoms with Crippen LogP contribution in [0.2, 0.25) is 0 Å². The van der Waals surface area contributed by atoms with E-state index in [0.29, 0.717) is 25.7 Å². The zero-order valence-corrected chi connectivity index (χ0v) is 11.9. The molecule has 108 valence electrons. The van der Waals surface area contributed by atoms with E-state index in [2.05, 4.69) is 5.32 Å². The van der Waals surface area contributed by atoms with Gasteiger partial charge in [0.2, 0.25) is 0 Å². The Morgan fingerprint density at radius 1 is 1.45 bits per heavy atom. The number of ether oxygens (including phenoxy) is 2. The van der Waals surface area contributed by atoms with Gasteiger partial charge in [-0.25, -0.2) is 4.79 Å². The summed E-state index contributed by atoms with van der Waals surface area (Å²) in [7, 11) is 0. The van der Waals surface area contributed by atoms with Crippen LogP contribution < -0.4 is 5.32 Å². The summed E-state index contributed by atoms with van der Waals surface area (Å²) in [5, 5.41) is 3.44. The van der Waals surface area contributed by atoms with Crippen molar-refractivity contribution >= 4 is 5.97 Å². The molecule has 1 fully saturated rings. The second-order valence-corrected chi connectivity index (χ2v) is 5.60. The molecule has 4 heteroatoms. The highest BCUT2D eigenvalue weighted by Crippen LogP contribution is 2.34. The molecule has 1 aromatic rings. The Bertz CT molecular complexity index is 498. The molecule has 1 saturated carbocycles. The van der Waals surface area contributed by atoms with E-state index in [4.69, 9.17) is 9.47 Å². The predicted octanol–water partition coefficient (Wildman–Crippen LogP) is 1.97. The zero-order valence-electron chi connectivity index (χ0n) is 11.9. The minimum atomic E-state index is -0.840. The van der Waals surface area contributed by atoms with Gasteiger partial charge in [-0.15, -0.1) is 0 Å². The van der Waals surface area contributed by atoms with Gasteiger partial charge in [-0.2, -0.15) is 0 Å². The summed E-state index contributed by atoms with van der Waals surface area (Å²) >= 11 is 0. The van der Waals surface area contributed by atoms with Crippen LogP contribution >= 0.6 is 0 Å². The smallest absolute Gasteiger partial charge is 0.333 e. The summed E-state index contributed by atoms with van der Waals surface area (Å²) in [6.07, 6.45) is 2.49. The number of hydrogen-bond donors (Lipinski definition) is 1.